The van der Waals surface area contributed by atoms with Crippen LogP contribution in [0.5, 0.6) is 5.75 Å². The number of likely N-dealkylation sites (N-methyl/N-ethyl adjacent to an activating group) is 1. The number of fused-ring (bicyclic) bond motifs is 1. The summed E-state index contributed by atoms with van der Waals surface area (Å²) in [5, 5.41) is 16.6. The van der Waals surface area contributed by atoms with Gasteiger partial charge in [-0.1, -0.05) is 12.1 Å². The van der Waals surface area contributed by atoms with Gasteiger partial charge in [0.15, 0.2) is 0 Å². The Morgan fingerprint density at radius 3 is 2.96 bits per heavy atom. The van der Waals surface area contributed by atoms with Crippen molar-refractivity contribution in [1.82, 2.24) is 25.0 Å². The molecule has 24 heavy (non-hydrogen) atoms. The smallest absolute Gasteiger partial charge is 0.317 e. The predicted molar refractivity (Wildman–Crippen MR) is 89.6 cm³/mol. The first-order valence-electron chi connectivity index (χ1n) is 8.23. The molecule has 2 amide bonds. The standard InChI is InChI=1S/C17H23N5O2/c1-12(10-13-5-7-14(23)8-6-13)21(2)17(24)20-15-4-3-9-22-16(15)18-11-19-22/h5-8,11-12,15,23H,3-4,9-10H2,1-2H3,(H,20,24)/t12-,15-/m1/s1. The molecule has 0 bridgehead atoms. The molecule has 2 heterocycles. The molecule has 0 radical (unpaired) electrons. The molecule has 0 saturated carbocycles. The highest BCUT2D eigenvalue weighted by Gasteiger charge is 2.26. The fourth-order valence-electron chi connectivity index (χ4n) is 2.99. The number of amides is 2. The van der Waals surface area contributed by atoms with E-state index >= 15 is 0 Å². The summed E-state index contributed by atoms with van der Waals surface area (Å²) >= 11 is 0. The van der Waals surface area contributed by atoms with E-state index in [1.165, 1.54) is 6.33 Å². The van der Waals surface area contributed by atoms with Crippen LogP contribution in [-0.4, -0.2) is 43.9 Å². The fraction of sp³-hybridized carbons (Fsp3) is 0.471. The first kappa shape index (κ1) is 16.3. The van der Waals surface area contributed by atoms with Crippen LogP contribution in [0, 0.1) is 0 Å². The molecule has 7 heteroatoms. The summed E-state index contributed by atoms with van der Waals surface area (Å²) < 4.78 is 1.86. The number of hydrogen-bond donors (Lipinski definition) is 2. The maximum atomic E-state index is 12.5. The number of urea groups is 1. The number of hydrogen-bond acceptors (Lipinski definition) is 4. The number of nitrogens with zero attached hydrogens (tertiary/aromatic N) is 4. The number of benzene rings is 1. The van der Waals surface area contributed by atoms with Crippen LogP contribution in [0.3, 0.4) is 0 Å². The predicted octanol–water partition coefficient (Wildman–Crippen LogP) is 2.09. The van der Waals surface area contributed by atoms with Gasteiger partial charge in [-0.05, 0) is 43.9 Å². The van der Waals surface area contributed by atoms with Crippen molar-refractivity contribution in [2.45, 2.75) is 44.8 Å². The zero-order valence-electron chi connectivity index (χ0n) is 14.0. The third kappa shape index (κ3) is 3.50. The highest BCUT2D eigenvalue weighted by molar-refractivity contribution is 5.74. The van der Waals surface area contributed by atoms with Crippen molar-refractivity contribution in [3.05, 3.63) is 42.0 Å². The molecule has 3 rings (SSSR count). The van der Waals surface area contributed by atoms with Gasteiger partial charge in [0.1, 0.15) is 17.9 Å². The van der Waals surface area contributed by atoms with E-state index in [1.54, 1.807) is 24.1 Å². The molecule has 1 aliphatic heterocycles. The lowest BCUT2D eigenvalue weighted by molar-refractivity contribution is 0.186. The molecule has 1 aliphatic rings. The molecule has 2 atom stereocenters. The second-order valence-corrected chi connectivity index (χ2v) is 6.32. The van der Waals surface area contributed by atoms with Crippen LogP contribution in [0.25, 0.3) is 0 Å². The minimum atomic E-state index is -0.109. The van der Waals surface area contributed by atoms with Crippen LogP contribution in [0.15, 0.2) is 30.6 Å². The highest BCUT2D eigenvalue weighted by atomic mass is 16.3. The van der Waals surface area contributed by atoms with Crippen molar-refractivity contribution < 1.29 is 9.90 Å². The lowest BCUT2D eigenvalue weighted by atomic mass is 10.1. The number of carbonyl (C=O) groups is 1. The van der Waals surface area contributed by atoms with E-state index in [2.05, 4.69) is 15.4 Å². The van der Waals surface area contributed by atoms with Gasteiger partial charge in [0, 0.05) is 19.6 Å². The average molecular weight is 329 g/mol. The fourth-order valence-corrected chi connectivity index (χ4v) is 2.99. The van der Waals surface area contributed by atoms with Gasteiger partial charge in [-0.3, -0.25) is 0 Å². The number of aromatic hydroxyl groups is 1. The van der Waals surface area contributed by atoms with Crippen molar-refractivity contribution in [2.24, 2.45) is 0 Å². The molecule has 0 spiro atoms. The van der Waals surface area contributed by atoms with E-state index in [0.717, 1.165) is 37.2 Å². The van der Waals surface area contributed by atoms with Gasteiger partial charge in [0.2, 0.25) is 0 Å². The number of aromatic nitrogens is 3. The second-order valence-electron chi connectivity index (χ2n) is 6.32. The van der Waals surface area contributed by atoms with E-state index in [9.17, 15) is 9.90 Å². The molecular weight excluding hydrogens is 306 g/mol. The topological polar surface area (TPSA) is 83.3 Å². The van der Waals surface area contributed by atoms with E-state index in [4.69, 9.17) is 0 Å². The molecule has 2 N–H and O–H groups in total. The summed E-state index contributed by atoms with van der Waals surface area (Å²) in [4.78, 5) is 18.5. The van der Waals surface area contributed by atoms with Crippen LogP contribution in [0.4, 0.5) is 4.79 Å². The molecule has 1 aromatic carbocycles. The maximum Gasteiger partial charge on any atom is 0.317 e. The third-order valence-electron chi connectivity index (χ3n) is 4.57. The van der Waals surface area contributed by atoms with E-state index < -0.39 is 0 Å². The van der Waals surface area contributed by atoms with Crippen LogP contribution < -0.4 is 5.32 Å². The lowest BCUT2D eigenvalue weighted by Crippen LogP contribution is -2.45. The summed E-state index contributed by atoms with van der Waals surface area (Å²) in [6.45, 7) is 2.87. The Hall–Kier alpha value is -2.57. The van der Waals surface area contributed by atoms with E-state index in [0.29, 0.717) is 0 Å². The second kappa shape index (κ2) is 6.90. The monoisotopic (exact) mass is 329 g/mol. The Labute approximate surface area is 141 Å². The normalized spacial score (nSPS) is 17.8. The van der Waals surface area contributed by atoms with Crippen LogP contribution in [-0.2, 0) is 13.0 Å². The molecule has 7 nitrogen and oxygen atoms in total. The molecule has 0 aliphatic carbocycles. The molecule has 0 fully saturated rings. The Kier molecular flexibility index (Phi) is 4.69. The lowest BCUT2D eigenvalue weighted by Gasteiger charge is -2.29. The maximum absolute atomic E-state index is 12.5. The van der Waals surface area contributed by atoms with Crippen molar-refractivity contribution in [3.8, 4) is 5.75 Å². The summed E-state index contributed by atoms with van der Waals surface area (Å²) in [6, 6.07) is 6.92. The van der Waals surface area contributed by atoms with Crippen molar-refractivity contribution >= 4 is 6.03 Å². The van der Waals surface area contributed by atoms with E-state index in [-0.39, 0.29) is 23.9 Å². The number of carbonyl (C=O) groups excluding carboxylic acids is 1. The number of aryl methyl sites for hydroxylation is 1. The first-order chi connectivity index (χ1) is 11.5. The van der Waals surface area contributed by atoms with Crippen LogP contribution in [0.1, 0.15) is 37.2 Å². The number of nitrogens with one attached hydrogen (secondary N) is 1. The Bertz CT molecular complexity index is 697. The SMILES string of the molecule is C[C@H](Cc1ccc(O)cc1)N(C)C(=O)N[C@@H]1CCCn2ncnc21. The van der Waals surface area contributed by atoms with Gasteiger partial charge in [-0.2, -0.15) is 5.10 Å². The van der Waals surface area contributed by atoms with Crippen molar-refractivity contribution in [1.29, 1.82) is 0 Å². The Morgan fingerprint density at radius 2 is 2.21 bits per heavy atom. The van der Waals surface area contributed by atoms with Gasteiger partial charge in [-0.25, -0.2) is 14.5 Å². The first-order valence-corrected chi connectivity index (χ1v) is 8.23. The van der Waals surface area contributed by atoms with Crippen LogP contribution in [0.2, 0.25) is 0 Å². The minimum Gasteiger partial charge on any atom is -0.508 e. The number of phenols is 1. The summed E-state index contributed by atoms with van der Waals surface area (Å²) in [7, 11) is 1.80. The molecule has 128 valence electrons. The third-order valence-corrected chi connectivity index (χ3v) is 4.57. The molecule has 2 aromatic rings. The summed E-state index contributed by atoms with van der Waals surface area (Å²) in [5.74, 6) is 1.08. The van der Waals surface area contributed by atoms with Gasteiger partial charge in [0.05, 0.1) is 6.04 Å². The van der Waals surface area contributed by atoms with Crippen molar-refractivity contribution in [2.75, 3.05) is 7.05 Å². The quantitative estimate of drug-likeness (QED) is 0.900. The van der Waals surface area contributed by atoms with Gasteiger partial charge in [0.25, 0.3) is 0 Å². The average Bonchev–Trinajstić information content (AvgIpc) is 3.06. The Balaban J connectivity index is 1.59. The van der Waals surface area contributed by atoms with E-state index in [1.807, 2.05) is 23.7 Å². The largest absolute Gasteiger partial charge is 0.508 e. The molecular formula is C17H23N5O2. The van der Waals surface area contributed by atoms with Gasteiger partial charge < -0.3 is 15.3 Å². The zero-order valence-corrected chi connectivity index (χ0v) is 14.0. The highest BCUT2D eigenvalue weighted by Crippen LogP contribution is 2.22. The van der Waals surface area contributed by atoms with Gasteiger partial charge >= 0.3 is 6.03 Å². The number of rotatable bonds is 4. The molecule has 0 unspecified atom stereocenters. The summed E-state index contributed by atoms with van der Waals surface area (Å²) in [5.41, 5.74) is 1.08. The number of phenolic OH excluding ortho intramolecular Hbond substituents is 1. The van der Waals surface area contributed by atoms with Crippen LogP contribution >= 0.6 is 0 Å². The van der Waals surface area contributed by atoms with Gasteiger partial charge in [-0.15, -0.1) is 0 Å². The Morgan fingerprint density at radius 1 is 1.46 bits per heavy atom. The molecule has 1 aromatic heterocycles. The minimum absolute atomic E-state index is 0.0380. The zero-order chi connectivity index (χ0) is 17.1. The van der Waals surface area contributed by atoms with Crippen molar-refractivity contribution in [3.63, 3.8) is 0 Å². The summed E-state index contributed by atoms with van der Waals surface area (Å²) in [6.07, 6.45) is 4.13. The molecule has 0 saturated heterocycles.